The predicted molar refractivity (Wildman–Crippen MR) is 84.4 cm³/mol. The second kappa shape index (κ2) is 6.65. The van der Waals surface area contributed by atoms with Crippen molar-refractivity contribution in [3.05, 3.63) is 16.0 Å². The summed E-state index contributed by atoms with van der Waals surface area (Å²) in [6.45, 7) is 3.26. The molecule has 0 radical (unpaired) electrons. The van der Waals surface area contributed by atoms with E-state index in [0.29, 0.717) is 30.2 Å². The molecule has 1 aromatic heterocycles. The number of ether oxygens (including phenoxy) is 1. The van der Waals surface area contributed by atoms with Gasteiger partial charge < -0.3 is 15.8 Å². The van der Waals surface area contributed by atoms with Gasteiger partial charge in [0, 0.05) is 31.1 Å². The van der Waals surface area contributed by atoms with Crippen LogP contribution in [0.4, 0.5) is 5.00 Å². The van der Waals surface area contributed by atoms with Gasteiger partial charge in [-0.15, -0.1) is 11.3 Å². The molecular formula is C15H20N4O2S. The van der Waals surface area contributed by atoms with E-state index in [0.717, 1.165) is 42.9 Å². The van der Waals surface area contributed by atoms with Crippen LogP contribution >= 0.6 is 11.3 Å². The summed E-state index contributed by atoms with van der Waals surface area (Å²) >= 11 is 1.47. The summed E-state index contributed by atoms with van der Waals surface area (Å²) in [6.07, 6.45) is 3.06. The summed E-state index contributed by atoms with van der Waals surface area (Å²) < 4.78 is 5.50. The van der Waals surface area contributed by atoms with Crippen molar-refractivity contribution >= 4 is 22.2 Å². The van der Waals surface area contributed by atoms with E-state index in [9.17, 15) is 4.79 Å². The molecule has 0 spiro atoms. The molecule has 1 saturated heterocycles. The van der Waals surface area contributed by atoms with Crippen molar-refractivity contribution in [1.82, 2.24) is 10.2 Å². The number of nitrogens with one attached hydrogen (secondary N) is 1. The number of anilines is 1. The summed E-state index contributed by atoms with van der Waals surface area (Å²) in [6, 6.07) is 2.18. The first-order valence-electron chi connectivity index (χ1n) is 7.58. The zero-order valence-electron chi connectivity index (χ0n) is 12.4. The van der Waals surface area contributed by atoms with Gasteiger partial charge in [-0.2, -0.15) is 5.26 Å². The van der Waals surface area contributed by atoms with Gasteiger partial charge in [-0.1, -0.05) is 0 Å². The number of carbonyl (C=O) groups is 1. The second-order valence-corrected chi connectivity index (χ2v) is 6.89. The van der Waals surface area contributed by atoms with Crippen LogP contribution in [0.3, 0.4) is 0 Å². The molecule has 1 amide bonds. The van der Waals surface area contributed by atoms with Gasteiger partial charge in [-0.25, -0.2) is 0 Å². The van der Waals surface area contributed by atoms with E-state index in [1.807, 2.05) is 0 Å². The van der Waals surface area contributed by atoms with Crippen LogP contribution in [-0.4, -0.2) is 43.2 Å². The first-order chi connectivity index (χ1) is 10.7. The highest BCUT2D eigenvalue weighted by Gasteiger charge is 2.25. The monoisotopic (exact) mass is 320 g/mol. The molecule has 0 aromatic carbocycles. The van der Waals surface area contributed by atoms with Crippen LogP contribution in [0.1, 0.15) is 28.8 Å². The van der Waals surface area contributed by atoms with E-state index in [1.54, 1.807) is 0 Å². The Morgan fingerprint density at radius 1 is 1.59 bits per heavy atom. The molecule has 0 saturated carbocycles. The van der Waals surface area contributed by atoms with Gasteiger partial charge in [0.2, 0.25) is 5.91 Å². The minimum Gasteiger partial charge on any atom is -0.389 e. The van der Waals surface area contributed by atoms with Crippen LogP contribution in [0.2, 0.25) is 0 Å². The molecule has 1 aromatic rings. The molecule has 7 heteroatoms. The Labute approximate surface area is 133 Å². The van der Waals surface area contributed by atoms with Crippen molar-refractivity contribution in [2.24, 2.45) is 0 Å². The lowest BCUT2D eigenvalue weighted by atomic mass is 10.0. The normalized spacial score (nSPS) is 21.3. The van der Waals surface area contributed by atoms with Gasteiger partial charge >= 0.3 is 0 Å². The fourth-order valence-corrected chi connectivity index (χ4v) is 4.14. The average molecular weight is 320 g/mol. The van der Waals surface area contributed by atoms with Crippen LogP contribution in [0, 0.1) is 11.3 Å². The van der Waals surface area contributed by atoms with E-state index in [1.165, 1.54) is 11.3 Å². The third-order valence-corrected chi connectivity index (χ3v) is 5.24. The molecule has 0 aliphatic carbocycles. The first-order valence-corrected chi connectivity index (χ1v) is 8.39. The Bertz CT molecular complexity index is 601. The van der Waals surface area contributed by atoms with Gasteiger partial charge in [-0.3, -0.25) is 9.69 Å². The number of nitrogens with two attached hydrogens (primary N) is 1. The fraction of sp³-hybridized carbons (Fsp3) is 0.600. The fourth-order valence-electron chi connectivity index (χ4n) is 3.03. The standard InChI is InChI=1S/C15H20N4O2S/c16-6-12-11-3-4-19(8-13(11)22-15(12)17)9-14(20)18-7-10-2-1-5-21-10/h10H,1-5,7-9,17H2,(H,18,20). The Morgan fingerprint density at radius 3 is 3.18 bits per heavy atom. The molecule has 1 atom stereocenters. The summed E-state index contributed by atoms with van der Waals surface area (Å²) in [7, 11) is 0. The van der Waals surface area contributed by atoms with Gasteiger partial charge in [0.1, 0.15) is 11.1 Å². The molecule has 6 nitrogen and oxygen atoms in total. The van der Waals surface area contributed by atoms with Gasteiger partial charge in [0.05, 0.1) is 18.2 Å². The van der Waals surface area contributed by atoms with Gasteiger partial charge in [0.15, 0.2) is 0 Å². The Balaban J connectivity index is 1.51. The van der Waals surface area contributed by atoms with E-state index in [2.05, 4.69) is 16.3 Å². The van der Waals surface area contributed by atoms with Gasteiger partial charge in [-0.05, 0) is 24.8 Å². The molecule has 3 heterocycles. The molecule has 118 valence electrons. The number of hydrogen-bond donors (Lipinski definition) is 2. The van der Waals surface area contributed by atoms with Gasteiger partial charge in [0.25, 0.3) is 0 Å². The lowest BCUT2D eigenvalue weighted by molar-refractivity contribution is -0.122. The van der Waals surface area contributed by atoms with Crippen LogP contribution in [-0.2, 0) is 22.5 Å². The molecule has 1 unspecified atom stereocenters. The number of amides is 1. The zero-order chi connectivity index (χ0) is 15.5. The third kappa shape index (κ3) is 3.24. The van der Waals surface area contributed by atoms with Crippen molar-refractivity contribution < 1.29 is 9.53 Å². The van der Waals surface area contributed by atoms with Crippen molar-refractivity contribution in [3.8, 4) is 6.07 Å². The SMILES string of the molecule is N#Cc1c(N)sc2c1CCN(CC(=O)NCC1CCCO1)C2. The number of nitrogen functional groups attached to an aromatic ring is 1. The lowest BCUT2D eigenvalue weighted by Gasteiger charge is -2.26. The molecule has 2 aliphatic rings. The van der Waals surface area contributed by atoms with E-state index in [-0.39, 0.29) is 12.0 Å². The summed E-state index contributed by atoms with van der Waals surface area (Å²) in [5.74, 6) is 0.0315. The number of rotatable bonds is 4. The molecule has 2 aliphatic heterocycles. The molecule has 3 rings (SSSR count). The topological polar surface area (TPSA) is 91.4 Å². The molecule has 22 heavy (non-hydrogen) atoms. The number of nitriles is 1. The van der Waals surface area contributed by atoms with Crippen LogP contribution in [0.25, 0.3) is 0 Å². The van der Waals surface area contributed by atoms with Crippen LogP contribution in [0.5, 0.6) is 0 Å². The van der Waals surface area contributed by atoms with Crippen LogP contribution < -0.4 is 11.1 Å². The van der Waals surface area contributed by atoms with Crippen LogP contribution in [0.15, 0.2) is 0 Å². The van der Waals surface area contributed by atoms with Crippen molar-refractivity contribution in [3.63, 3.8) is 0 Å². The highest BCUT2D eigenvalue weighted by Crippen LogP contribution is 2.34. The smallest absolute Gasteiger partial charge is 0.234 e. The zero-order valence-corrected chi connectivity index (χ0v) is 13.2. The Kier molecular flexibility index (Phi) is 4.62. The largest absolute Gasteiger partial charge is 0.389 e. The second-order valence-electron chi connectivity index (χ2n) is 5.75. The van der Waals surface area contributed by atoms with E-state index < -0.39 is 0 Å². The number of thiophene rings is 1. The summed E-state index contributed by atoms with van der Waals surface area (Å²) in [5.41, 5.74) is 7.58. The maximum absolute atomic E-state index is 12.0. The van der Waals surface area contributed by atoms with Crippen molar-refractivity contribution in [2.75, 3.05) is 32.0 Å². The summed E-state index contributed by atoms with van der Waals surface area (Å²) in [4.78, 5) is 15.2. The molecular weight excluding hydrogens is 300 g/mol. The number of hydrogen-bond acceptors (Lipinski definition) is 6. The molecule has 0 bridgehead atoms. The number of carbonyl (C=O) groups excluding carboxylic acids is 1. The van der Waals surface area contributed by atoms with Crippen molar-refractivity contribution in [1.29, 1.82) is 5.26 Å². The summed E-state index contributed by atoms with van der Waals surface area (Å²) in [5, 5.41) is 12.7. The Hall–Kier alpha value is -1.62. The number of nitrogens with zero attached hydrogens (tertiary/aromatic N) is 2. The maximum atomic E-state index is 12.0. The highest BCUT2D eigenvalue weighted by molar-refractivity contribution is 7.16. The molecule has 3 N–H and O–H groups in total. The minimum atomic E-state index is 0.0315. The number of fused-ring (bicyclic) bond motifs is 1. The first kappa shape index (κ1) is 15.3. The van der Waals surface area contributed by atoms with Crippen molar-refractivity contribution in [2.45, 2.75) is 31.9 Å². The quantitative estimate of drug-likeness (QED) is 0.858. The average Bonchev–Trinajstić information content (AvgIpc) is 3.11. The third-order valence-electron chi connectivity index (χ3n) is 4.19. The molecule has 1 fully saturated rings. The minimum absolute atomic E-state index is 0.0315. The highest BCUT2D eigenvalue weighted by atomic mass is 32.1. The predicted octanol–water partition coefficient (Wildman–Crippen LogP) is 0.855. The maximum Gasteiger partial charge on any atom is 0.234 e. The van der Waals surface area contributed by atoms with E-state index >= 15 is 0 Å². The Morgan fingerprint density at radius 2 is 2.45 bits per heavy atom. The lowest BCUT2D eigenvalue weighted by Crippen LogP contribution is -2.41. The van der Waals surface area contributed by atoms with E-state index in [4.69, 9.17) is 15.7 Å².